The number of aliphatic hydroxyl groups excluding tert-OH is 3. The first kappa shape index (κ1) is 17.7. The molecule has 0 aromatic heterocycles. The van der Waals surface area contributed by atoms with Gasteiger partial charge in [-0.15, -0.1) is 0 Å². The van der Waals surface area contributed by atoms with Crippen molar-refractivity contribution in [2.45, 2.75) is 50.9 Å². The van der Waals surface area contributed by atoms with Crippen LogP contribution in [0.5, 0.6) is 5.75 Å². The molecule has 1 heterocycles. The minimum Gasteiger partial charge on any atom is -0.463 e. The molecule has 0 spiro atoms. The van der Waals surface area contributed by atoms with Crippen molar-refractivity contribution in [3.8, 4) is 5.75 Å². The van der Waals surface area contributed by atoms with Crippen molar-refractivity contribution in [1.82, 2.24) is 5.32 Å². The van der Waals surface area contributed by atoms with E-state index in [9.17, 15) is 20.1 Å². The summed E-state index contributed by atoms with van der Waals surface area (Å²) in [6.45, 7) is 2.84. The van der Waals surface area contributed by atoms with Crippen molar-refractivity contribution in [2.75, 3.05) is 6.61 Å². The van der Waals surface area contributed by atoms with Gasteiger partial charge >= 0.3 is 0 Å². The Hall–Kier alpha value is -1.67. The summed E-state index contributed by atoms with van der Waals surface area (Å²) in [5.41, 5.74) is 1.06. The van der Waals surface area contributed by atoms with Crippen LogP contribution in [0.25, 0.3) is 0 Å². The molecular formula is C16H23NO6. The number of hydrogen-bond donors (Lipinski definition) is 4. The second-order valence-corrected chi connectivity index (χ2v) is 5.55. The number of amides is 1. The van der Waals surface area contributed by atoms with Crippen LogP contribution in [0.1, 0.15) is 19.4 Å². The Labute approximate surface area is 134 Å². The van der Waals surface area contributed by atoms with E-state index in [-0.39, 0.29) is 5.91 Å². The van der Waals surface area contributed by atoms with Crippen LogP contribution in [0.3, 0.4) is 0 Å². The molecule has 0 aliphatic carbocycles. The molecule has 0 radical (unpaired) electrons. The van der Waals surface area contributed by atoms with E-state index in [0.29, 0.717) is 5.75 Å². The Morgan fingerprint density at radius 1 is 1.35 bits per heavy atom. The Morgan fingerprint density at radius 3 is 2.70 bits per heavy atom. The Bertz CT molecular complexity index is 537. The number of ether oxygens (including phenoxy) is 2. The van der Waals surface area contributed by atoms with Crippen molar-refractivity contribution in [3.63, 3.8) is 0 Å². The second-order valence-electron chi connectivity index (χ2n) is 5.55. The van der Waals surface area contributed by atoms with E-state index in [4.69, 9.17) is 9.47 Å². The van der Waals surface area contributed by atoms with Crippen molar-refractivity contribution in [1.29, 1.82) is 0 Å². The number of rotatable bonds is 5. The lowest BCUT2D eigenvalue weighted by Crippen LogP contribution is -2.65. The van der Waals surface area contributed by atoms with Gasteiger partial charge in [0.25, 0.3) is 0 Å². The molecule has 23 heavy (non-hydrogen) atoms. The van der Waals surface area contributed by atoms with Crippen LogP contribution in [0, 0.1) is 0 Å². The normalized spacial score (nSPS) is 30.7. The summed E-state index contributed by atoms with van der Waals surface area (Å²) in [6.07, 6.45) is -3.82. The summed E-state index contributed by atoms with van der Waals surface area (Å²) in [5, 5.41) is 31.9. The Kier molecular flexibility index (Phi) is 5.95. The topological polar surface area (TPSA) is 108 Å². The highest BCUT2D eigenvalue weighted by atomic mass is 16.7. The number of carbonyl (C=O) groups excluding carboxylic acids is 1. The summed E-state index contributed by atoms with van der Waals surface area (Å²) in [4.78, 5) is 11.3. The van der Waals surface area contributed by atoms with Crippen LogP contribution in [0.15, 0.2) is 24.3 Å². The highest BCUT2D eigenvalue weighted by molar-refractivity contribution is 5.73. The van der Waals surface area contributed by atoms with Gasteiger partial charge in [-0.3, -0.25) is 4.79 Å². The monoisotopic (exact) mass is 325 g/mol. The van der Waals surface area contributed by atoms with Crippen LogP contribution >= 0.6 is 0 Å². The number of benzene rings is 1. The average Bonchev–Trinajstić information content (AvgIpc) is 2.54. The molecule has 1 aliphatic rings. The largest absolute Gasteiger partial charge is 0.463 e. The standard InChI is InChI=1S/C16H23NO6/c1-3-10-5-4-6-11(7-10)22-16-13(17-9(2)19)15(21)14(20)12(8-18)23-16/h4-7,12-16,18,20-21H,3,8H2,1-2H3,(H,17,19)/t12-,13-,14-,15-,16+/m1/s1. The van der Waals surface area contributed by atoms with Gasteiger partial charge in [0.1, 0.15) is 30.1 Å². The van der Waals surface area contributed by atoms with Crippen LogP contribution in [0.2, 0.25) is 0 Å². The van der Waals surface area contributed by atoms with E-state index in [2.05, 4.69) is 5.32 Å². The molecule has 1 aromatic carbocycles. The van der Waals surface area contributed by atoms with E-state index in [1.165, 1.54) is 6.92 Å². The van der Waals surface area contributed by atoms with Gasteiger partial charge in [-0.25, -0.2) is 0 Å². The second kappa shape index (κ2) is 7.74. The maximum absolute atomic E-state index is 11.3. The van der Waals surface area contributed by atoms with Gasteiger partial charge in [0.15, 0.2) is 0 Å². The summed E-state index contributed by atoms with van der Waals surface area (Å²) >= 11 is 0. The zero-order chi connectivity index (χ0) is 17.0. The molecule has 7 nitrogen and oxygen atoms in total. The SMILES string of the molecule is CCc1cccc(O[C@H]2O[C@H](CO)[C@@H](O)[C@H](O)[C@H]2NC(C)=O)c1. The summed E-state index contributed by atoms with van der Waals surface area (Å²) in [5.74, 6) is 0.133. The van der Waals surface area contributed by atoms with E-state index < -0.39 is 37.3 Å². The van der Waals surface area contributed by atoms with E-state index in [1.807, 2.05) is 25.1 Å². The first-order valence-corrected chi connectivity index (χ1v) is 7.61. The first-order chi connectivity index (χ1) is 11.0. The molecule has 1 amide bonds. The zero-order valence-corrected chi connectivity index (χ0v) is 13.2. The molecule has 2 rings (SSSR count). The van der Waals surface area contributed by atoms with Gasteiger partial charge in [-0.2, -0.15) is 0 Å². The lowest BCUT2D eigenvalue weighted by atomic mass is 9.97. The van der Waals surface area contributed by atoms with Crippen LogP contribution in [0.4, 0.5) is 0 Å². The zero-order valence-electron chi connectivity index (χ0n) is 13.2. The predicted molar refractivity (Wildman–Crippen MR) is 81.8 cm³/mol. The molecule has 1 aromatic rings. The molecule has 128 valence electrons. The maximum atomic E-state index is 11.3. The maximum Gasteiger partial charge on any atom is 0.223 e. The fraction of sp³-hybridized carbons (Fsp3) is 0.562. The summed E-state index contributed by atoms with van der Waals surface area (Å²) < 4.78 is 11.3. The fourth-order valence-electron chi connectivity index (χ4n) is 2.54. The number of hydrogen-bond acceptors (Lipinski definition) is 6. The van der Waals surface area contributed by atoms with E-state index in [0.717, 1.165) is 12.0 Å². The number of aliphatic hydroxyl groups is 3. The molecule has 1 fully saturated rings. The third-order valence-corrected chi connectivity index (χ3v) is 3.81. The lowest BCUT2D eigenvalue weighted by Gasteiger charge is -2.42. The van der Waals surface area contributed by atoms with Crippen LogP contribution in [-0.4, -0.2) is 58.5 Å². The number of nitrogens with one attached hydrogen (secondary N) is 1. The van der Waals surface area contributed by atoms with Gasteiger partial charge in [0.05, 0.1) is 6.61 Å². The average molecular weight is 325 g/mol. The van der Waals surface area contributed by atoms with Gasteiger partial charge in [0.2, 0.25) is 12.2 Å². The Balaban J connectivity index is 2.21. The molecule has 0 bridgehead atoms. The van der Waals surface area contributed by atoms with Crippen LogP contribution in [-0.2, 0) is 16.0 Å². The lowest BCUT2D eigenvalue weighted by molar-refractivity contribution is -0.244. The minimum atomic E-state index is -1.32. The van der Waals surface area contributed by atoms with Crippen molar-refractivity contribution >= 4 is 5.91 Å². The highest BCUT2D eigenvalue weighted by Crippen LogP contribution is 2.25. The van der Waals surface area contributed by atoms with Gasteiger partial charge in [-0.1, -0.05) is 19.1 Å². The number of carbonyl (C=O) groups is 1. The van der Waals surface area contributed by atoms with Crippen molar-refractivity contribution < 1.29 is 29.6 Å². The van der Waals surface area contributed by atoms with Gasteiger partial charge in [-0.05, 0) is 24.1 Å². The smallest absolute Gasteiger partial charge is 0.223 e. The minimum absolute atomic E-state index is 0.386. The molecule has 0 saturated carbocycles. The highest BCUT2D eigenvalue weighted by Gasteiger charge is 2.46. The van der Waals surface area contributed by atoms with Crippen LogP contribution < -0.4 is 10.1 Å². The molecule has 4 N–H and O–H groups in total. The number of aryl methyl sites for hydroxylation is 1. The molecular weight excluding hydrogens is 302 g/mol. The third kappa shape index (κ3) is 4.20. The summed E-state index contributed by atoms with van der Waals surface area (Å²) in [7, 11) is 0. The molecule has 5 atom stereocenters. The van der Waals surface area contributed by atoms with E-state index >= 15 is 0 Å². The quantitative estimate of drug-likeness (QED) is 0.585. The molecule has 1 saturated heterocycles. The van der Waals surface area contributed by atoms with Crippen molar-refractivity contribution in [2.24, 2.45) is 0 Å². The molecule has 7 heteroatoms. The first-order valence-electron chi connectivity index (χ1n) is 7.61. The predicted octanol–water partition coefficient (Wildman–Crippen LogP) is -0.429. The molecule has 1 aliphatic heterocycles. The van der Waals surface area contributed by atoms with E-state index in [1.54, 1.807) is 6.07 Å². The van der Waals surface area contributed by atoms with Crippen molar-refractivity contribution in [3.05, 3.63) is 29.8 Å². The summed E-state index contributed by atoms with van der Waals surface area (Å²) in [6, 6.07) is 6.41. The van der Waals surface area contributed by atoms with Gasteiger partial charge in [0, 0.05) is 6.92 Å². The Morgan fingerprint density at radius 2 is 2.09 bits per heavy atom. The fourth-order valence-corrected chi connectivity index (χ4v) is 2.54. The van der Waals surface area contributed by atoms with Gasteiger partial charge < -0.3 is 30.1 Å². The molecule has 0 unspecified atom stereocenters. The third-order valence-electron chi connectivity index (χ3n) is 3.81.